The Morgan fingerprint density at radius 1 is 0.455 bits per heavy atom. The first-order valence-corrected chi connectivity index (χ1v) is 1.75. The molecule has 0 fully saturated rings. The molecule has 0 rings (SSSR count). The van der Waals surface area contributed by atoms with E-state index in [0.717, 1.165) is 0 Å². The summed E-state index contributed by atoms with van der Waals surface area (Å²) in [6, 6.07) is 0. The predicted molar refractivity (Wildman–Crippen MR) is 20.4 cm³/mol. The molecule has 0 aromatic carbocycles. The molecule has 0 aliphatic rings. The van der Waals surface area contributed by atoms with Crippen LogP contribution in [0.15, 0.2) is 0 Å². The molecular formula is B2F8Zn. The van der Waals surface area contributed by atoms with Crippen molar-refractivity contribution in [2.75, 3.05) is 0 Å². The van der Waals surface area contributed by atoms with Gasteiger partial charge in [0.2, 0.25) is 0 Å². The quantitative estimate of drug-likeness (QED) is 0.450. The van der Waals surface area contributed by atoms with Gasteiger partial charge in [0.05, 0.1) is 0 Å². The molecule has 0 saturated carbocycles. The maximum Gasteiger partial charge on any atom is 2.00 e. The molecule has 0 aliphatic carbocycles. The van der Waals surface area contributed by atoms with Gasteiger partial charge in [0, 0.05) is 0 Å². The van der Waals surface area contributed by atoms with Gasteiger partial charge in [-0.25, -0.2) is 0 Å². The fourth-order valence-corrected chi connectivity index (χ4v) is 0. The van der Waals surface area contributed by atoms with Crippen molar-refractivity contribution in [2.45, 2.75) is 0 Å². The van der Waals surface area contributed by atoms with Crippen LogP contribution in [0.1, 0.15) is 0 Å². The molecule has 64 valence electrons. The molecule has 0 aliphatic heterocycles. The van der Waals surface area contributed by atoms with Gasteiger partial charge in [-0.3, -0.25) is 0 Å². The fourth-order valence-electron chi connectivity index (χ4n) is 0. The molecule has 11 heteroatoms. The van der Waals surface area contributed by atoms with Crippen molar-refractivity contribution >= 4 is 14.5 Å². The normalized spacial score (nSPS) is 10.9. The Bertz CT molecular complexity index is 55.1. The maximum absolute atomic E-state index is 9.75. The van der Waals surface area contributed by atoms with Gasteiger partial charge in [-0.05, 0) is 0 Å². The standard InChI is InChI=1S/2BF4.Zn/c2*2-1(3,4)5;/q2*-1;+2. The average molecular weight is 239 g/mol. The van der Waals surface area contributed by atoms with E-state index in [0.29, 0.717) is 0 Å². The zero-order chi connectivity index (χ0) is 9.00. The Morgan fingerprint density at radius 2 is 0.455 bits per heavy atom. The molecule has 0 amide bonds. The Hall–Kier alpha value is 0.193. The molecule has 0 radical (unpaired) electrons. The third-order valence-corrected chi connectivity index (χ3v) is 0. The number of hydrogen-bond donors (Lipinski definition) is 0. The number of rotatable bonds is 0. The Labute approximate surface area is 69.3 Å². The second-order valence-electron chi connectivity index (χ2n) is 0.990. The van der Waals surface area contributed by atoms with Gasteiger partial charge in [0.1, 0.15) is 0 Å². The molecule has 0 N–H and O–H groups in total. The van der Waals surface area contributed by atoms with Crippen molar-refractivity contribution < 1.29 is 54.0 Å². The molecule has 0 spiro atoms. The molecular weight excluding hydrogens is 239 g/mol. The molecule has 0 bridgehead atoms. The van der Waals surface area contributed by atoms with E-state index in [2.05, 4.69) is 0 Å². The molecule has 0 aromatic heterocycles. The van der Waals surface area contributed by atoms with Crippen molar-refractivity contribution in [1.82, 2.24) is 0 Å². The van der Waals surface area contributed by atoms with Gasteiger partial charge < -0.3 is 34.5 Å². The Kier molecular flexibility index (Phi) is 9.13. The summed E-state index contributed by atoms with van der Waals surface area (Å²) in [6.07, 6.45) is 0. The van der Waals surface area contributed by atoms with Gasteiger partial charge in [-0.1, -0.05) is 0 Å². The maximum atomic E-state index is 9.75. The summed E-state index contributed by atoms with van der Waals surface area (Å²) in [7, 11) is -12.0. The first-order valence-electron chi connectivity index (χ1n) is 1.75. The first-order chi connectivity index (χ1) is 4.00. The fraction of sp³-hybridized carbons (Fsp3) is 0. The zero-order valence-electron chi connectivity index (χ0n) is 4.89. The van der Waals surface area contributed by atoms with Crippen LogP contribution < -0.4 is 0 Å². The van der Waals surface area contributed by atoms with Crippen LogP contribution in [0.4, 0.5) is 34.5 Å². The summed E-state index contributed by atoms with van der Waals surface area (Å²) in [5, 5.41) is 0. The van der Waals surface area contributed by atoms with E-state index in [9.17, 15) is 34.5 Å². The summed E-state index contributed by atoms with van der Waals surface area (Å²) in [6.45, 7) is 0. The Balaban J connectivity index is -0.000000107. The smallest absolute Gasteiger partial charge is 0.418 e. The summed E-state index contributed by atoms with van der Waals surface area (Å²) < 4.78 is 78.0. The zero-order valence-corrected chi connectivity index (χ0v) is 7.85. The number of hydrogen-bond acceptors (Lipinski definition) is 0. The molecule has 0 heterocycles. The minimum absolute atomic E-state index is 0. The van der Waals surface area contributed by atoms with Crippen LogP contribution in [0, 0.1) is 0 Å². The van der Waals surface area contributed by atoms with Crippen LogP contribution in [-0.2, 0) is 19.5 Å². The third-order valence-electron chi connectivity index (χ3n) is 0. The largest absolute Gasteiger partial charge is 2.00 e. The molecule has 11 heavy (non-hydrogen) atoms. The minimum atomic E-state index is -6.00. The van der Waals surface area contributed by atoms with Crippen LogP contribution >= 0.6 is 0 Å². The van der Waals surface area contributed by atoms with E-state index in [1.807, 2.05) is 0 Å². The number of halogens is 8. The SMILES string of the molecule is F[B-](F)(F)F.F[B-](F)(F)F.[Zn+2]. The van der Waals surface area contributed by atoms with E-state index in [1.165, 1.54) is 0 Å². The van der Waals surface area contributed by atoms with E-state index in [-0.39, 0.29) is 19.5 Å². The monoisotopic (exact) mass is 238 g/mol. The van der Waals surface area contributed by atoms with E-state index in [1.54, 1.807) is 0 Å². The third kappa shape index (κ3) is 18300. The predicted octanol–water partition coefficient (Wildman–Crippen LogP) is 2.60. The topological polar surface area (TPSA) is 0 Å². The van der Waals surface area contributed by atoms with E-state index in [4.69, 9.17) is 0 Å². The summed E-state index contributed by atoms with van der Waals surface area (Å²) in [5.41, 5.74) is 0. The van der Waals surface area contributed by atoms with Gasteiger partial charge in [0.15, 0.2) is 0 Å². The van der Waals surface area contributed by atoms with Crippen molar-refractivity contribution in [3.05, 3.63) is 0 Å². The summed E-state index contributed by atoms with van der Waals surface area (Å²) in [4.78, 5) is 0. The van der Waals surface area contributed by atoms with Gasteiger partial charge in [-0.2, -0.15) is 0 Å². The van der Waals surface area contributed by atoms with Gasteiger partial charge >= 0.3 is 34.0 Å². The van der Waals surface area contributed by atoms with Crippen LogP contribution in [0.2, 0.25) is 0 Å². The summed E-state index contributed by atoms with van der Waals surface area (Å²) >= 11 is 0. The average Bonchev–Trinajstić information content (AvgIpc) is 1.12. The molecule has 0 atom stereocenters. The molecule has 0 unspecified atom stereocenters. The van der Waals surface area contributed by atoms with Gasteiger partial charge in [-0.15, -0.1) is 0 Å². The molecule has 0 saturated heterocycles. The van der Waals surface area contributed by atoms with Crippen molar-refractivity contribution in [3.8, 4) is 0 Å². The van der Waals surface area contributed by atoms with Crippen LogP contribution in [0.3, 0.4) is 0 Å². The van der Waals surface area contributed by atoms with Gasteiger partial charge in [0.25, 0.3) is 0 Å². The second kappa shape index (κ2) is 5.79. The first kappa shape index (κ1) is 17.3. The van der Waals surface area contributed by atoms with Crippen molar-refractivity contribution in [1.29, 1.82) is 0 Å². The second-order valence-corrected chi connectivity index (χ2v) is 0.990. The van der Waals surface area contributed by atoms with E-state index < -0.39 is 14.5 Å². The van der Waals surface area contributed by atoms with Crippen LogP contribution in [-0.4, -0.2) is 14.5 Å². The van der Waals surface area contributed by atoms with E-state index >= 15 is 0 Å². The van der Waals surface area contributed by atoms with Crippen molar-refractivity contribution in [2.24, 2.45) is 0 Å². The Morgan fingerprint density at radius 3 is 0.455 bits per heavy atom. The molecule has 0 nitrogen and oxygen atoms in total. The molecule has 0 aromatic rings. The van der Waals surface area contributed by atoms with Crippen LogP contribution in [0.5, 0.6) is 0 Å². The van der Waals surface area contributed by atoms with Crippen LogP contribution in [0.25, 0.3) is 0 Å². The summed E-state index contributed by atoms with van der Waals surface area (Å²) in [5.74, 6) is 0. The minimum Gasteiger partial charge on any atom is -0.418 e. The van der Waals surface area contributed by atoms with Crippen molar-refractivity contribution in [3.63, 3.8) is 0 Å².